The molecule has 18 heavy (non-hydrogen) atoms. The summed E-state index contributed by atoms with van der Waals surface area (Å²) in [5, 5.41) is 0. The van der Waals surface area contributed by atoms with Crippen molar-refractivity contribution < 1.29 is 8.85 Å². The third kappa shape index (κ3) is 11.2. The Balaban J connectivity index is 3.77. The van der Waals surface area contributed by atoms with E-state index in [2.05, 4.69) is 20.4 Å². The Morgan fingerprint density at radius 2 is 1.33 bits per heavy atom. The predicted octanol–water partition coefficient (Wildman–Crippen LogP) is 4.81. The van der Waals surface area contributed by atoms with Crippen molar-refractivity contribution in [1.29, 1.82) is 0 Å². The lowest BCUT2D eigenvalue weighted by molar-refractivity contribution is 0.133. The molecule has 2 nitrogen and oxygen atoms in total. The molecule has 0 aromatic carbocycles. The molecule has 1 unspecified atom stereocenters. The van der Waals surface area contributed by atoms with Gasteiger partial charge in [-0.25, -0.2) is 0 Å². The van der Waals surface area contributed by atoms with E-state index in [9.17, 15) is 0 Å². The zero-order chi connectivity index (χ0) is 13.6. The van der Waals surface area contributed by atoms with Crippen molar-refractivity contribution in [2.45, 2.75) is 90.7 Å². The van der Waals surface area contributed by atoms with Crippen LogP contribution < -0.4 is 0 Å². The van der Waals surface area contributed by atoms with Crippen molar-refractivity contribution in [3.63, 3.8) is 0 Å². The molecule has 0 aromatic rings. The summed E-state index contributed by atoms with van der Waals surface area (Å²) in [5.41, 5.74) is 0. The molecule has 110 valence electrons. The molecule has 0 saturated carbocycles. The fraction of sp³-hybridized carbons (Fsp3) is 1.00. The molecule has 1 atom stereocenters. The zero-order valence-corrected chi connectivity index (χ0v) is 14.2. The van der Waals surface area contributed by atoms with E-state index < -0.39 is 9.28 Å². The van der Waals surface area contributed by atoms with Crippen molar-refractivity contribution in [2.75, 3.05) is 7.11 Å². The van der Waals surface area contributed by atoms with Gasteiger partial charge in [-0.2, -0.15) is 0 Å². The summed E-state index contributed by atoms with van der Waals surface area (Å²) in [6, 6.07) is 0. The first-order valence-corrected chi connectivity index (χ1v) is 10.0. The van der Waals surface area contributed by atoms with Crippen molar-refractivity contribution in [3.05, 3.63) is 0 Å². The summed E-state index contributed by atoms with van der Waals surface area (Å²) >= 11 is 0. The lowest BCUT2D eigenvalue weighted by Gasteiger charge is -2.21. The summed E-state index contributed by atoms with van der Waals surface area (Å²) < 4.78 is 11.4. The van der Waals surface area contributed by atoms with E-state index >= 15 is 0 Å². The summed E-state index contributed by atoms with van der Waals surface area (Å²) in [5.74, 6) is 0. The molecule has 0 rings (SSSR count). The molecule has 3 heteroatoms. The van der Waals surface area contributed by atoms with E-state index in [1.807, 2.05) is 0 Å². The fourth-order valence-electron chi connectivity index (χ4n) is 2.20. The summed E-state index contributed by atoms with van der Waals surface area (Å²) in [4.78, 5) is 0. The molecule has 0 radical (unpaired) electrons. The topological polar surface area (TPSA) is 18.5 Å². The average Bonchev–Trinajstić information content (AvgIpc) is 2.39. The highest BCUT2D eigenvalue weighted by atomic mass is 28.3. The molecular weight excluding hydrogens is 240 g/mol. The Morgan fingerprint density at radius 3 is 1.72 bits per heavy atom. The lowest BCUT2D eigenvalue weighted by Crippen LogP contribution is -2.25. The molecule has 0 aromatic heterocycles. The Hall–Kier alpha value is 0.137. The zero-order valence-electron chi connectivity index (χ0n) is 13.0. The van der Waals surface area contributed by atoms with Gasteiger partial charge in [-0.1, -0.05) is 65.2 Å². The van der Waals surface area contributed by atoms with Crippen LogP contribution in [0.3, 0.4) is 0 Å². The molecule has 0 aliphatic carbocycles. The van der Waals surface area contributed by atoms with Crippen LogP contribution in [0.5, 0.6) is 0 Å². The highest BCUT2D eigenvalue weighted by molar-refractivity contribution is 6.42. The van der Waals surface area contributed by atoms with Gasteiger partial charge >= 0.3 is 9.28 Å². The van der Waals surface area contributed by atoms with Crippen LogP contribution in [0, 0.1) is 0 Å². The molecule has 0 saturated heterocycles. The minimum Gasteiger partial charge on any atom is -0.400 e. The third-order valence-corrected chi connectivity index (χ3v) is 4.91. The maximum Gasteiger partial charge on any atom is 0.318 e. The van der Waals surface area contributed by atoms with Gasteiger partial charge in [-0.05, 0) is 19.4 Å². The third-order valence-electron chi connectivity index (χ3n) is 3.48. The standard InChI is InChI=1S/C15H34O2Si/c1-5-7-9-11-13-15(17-18(4)16-3)14-12-10-8-6-2/h15,18H,5-14H2,1-4H3. The summed E-state index contributed by atoms with van der Waals surface area (Å²) in [6.45, 7) is 6.66. The second-order valence-corrected chi connectivity index (χ2v) is 7.14. The van der Waals surface area contributed by atoms with Crippen molar-refractivity contribution in [3.8, 4) is 0 Å². The molecule has 0 aliphatic heterocycles. The largest absolute Gasteiger partial charge is 0.400 e. The average molecular weight is 275 g/mol. The number of rotatable bonds is 13. The fourth-order valence-corrected chi connectivity index (χ4v) is 3.13. The van der Waals surface area contributed by atoms with E-state index in [1.165, 1.54) is 64.2 Å². The maximum absolute atomic E-state index is 6.08. The Labute approximate surface area is 116 Å². The normalized spacial score (nSPS) is 13.2. The van der Waals surface area contributed by atoms with E-state index in [0.29, 0.717) is 6.10 Å². The molecule has 0 spiro atoms. The Kier molecular flexibility index (Phi) is 13.7. The van der Waals surface area contributed by atoms with E-state index in [4.69, 9.17) is 8.85 Å². The maximum atomic E-state index is 6.08. The SMILES string of the molecule is CCCCCCC(CCCCCC)O[SiH](C)OC. The second kappa shape index (κ2) is 13.6. The first kappa shape index (κ1) is 18.1. The monoisotopic (exact) mass is 274 g/mol. The van der Waals surface area contributed by atoms with Gasteiger partial charge in [0.25, 0.3) is 0 Å². The van der Waals surface area contributed by atoms with Crippen molar-refractivity contribution in [1.82, 2.24) is 0 Å². The molecule has 0 amide bonds. The smallest absolute Gasteiger partial charge is 0.318 e. The van der Waals surface area contributed by atoms with Crippen LogP contribution in [0.25, 0.3) is 0 Å². The van der Waals surface area contributed by atoms with Crippen molar-refractivity contribution in [2.24, 2.45) is 0 Å². The van der Waals surface area contributed by atoms with E-state index in [-0.39, 0.29) is 0 Å². The van der Waals surface area contributed by atoms with Crippen LogP contribution in [0.2, 0.25) is 6.55 Å². The first-order chi connectivity index (χ1) is 8.74. The van der Waals surface area contributed by atoms with Gasteiger partial charge in [0, 0.05) is 13.2 Å². The van der Waals surface area contributed by atoms with Gasteiger partial charge in [0.1, 0.15) is 0 Å². The van der Waals surface area contributed by atoms with Crippen molar-refractivity contribution >= 4 is 9.28 Å². The minimum atomic E-state index is -1.36. The van der Waals surface area contributed by atoms with Gasteiger partial charge < -0.3 is 8.85 Å². The van der Waals surface area contributed by atoms with Gasteiger partial charge in [0.05, 0.1) is 0 Å². The van der Waals surface area contributed by atoms with Gasteiger partial charge in [0.15, 0.2) is 0 Å². The predicted molar refractivity (Wildman–Crippen MR) is 82.4 cm³/mol. The molecule has 0 heterocycles. The van der Waals surface area contributed by atoms with Crippen LogP contribution in [0.15, 0.2) is 0 Å². The highest BCUT2D eigenvalue weighted by Gasteiger charge is 2.13. The lowest BCUT2D eigenvalue weighted by atomic mass is 10.0. The summed E-state index contributed by atoms with van der Waals surface area (Å²) in [7, 11) is 0.423. The molecule has 0 aliphatic rings. The Morgan fingerprint density at radius 1 is 0.833 bits per heavy atom. The molecule has 0 bridgehead atoms. The van der Waals surface area contributed by atoms with Gasteiger partial charge in [0.2, 0.25) is 0 Å². The molecule has 0 N–H and O–H groups in total. The number of hydrogen-bond donors (Lipinski definition) is 0. The van der Waals surface area contributed by atoms with E-state index in [0.717, 1.165) is 0 Å². The van der Waals surface area contributed by atoms with E-state index in [1.54, 1.807) is 7.11 Å². The van der Waals surface area contributed by atoms with Crippen LogP contribution in [0.4, 0.5) is 0 Å². The van der Waals surface area contributed by atoms with Gasteiger partial charge in [-0.15, -0.1) is 0 Å². The van der Waals surface area contributed by atoms with Crippen LogP contribution in [-0.4, -0.2) is 22.5 Å². The van der Waals surface area contributed by atoms with Crippen LogP contribution in [0.1, 0.15) is 78.1 Å². The number of unbranched alkanes of at least 4 members (excludes halogenated alkanes) is 6. The van der Waals surface area contributed by atoms with Crippen LogP contribution >= 0.6 is 0 Å². The highest BCUT2D eigenvalue weighted by Crippen LogP contribution is 2.16. The van der Waals surface area contributed by atoms with Gasteiger partial charge in [-0.3, -0.25) is 0 Å². The number of hydrogen-bond acceptors (Lipinski definition) is 2. The Bertz CT molecular complexity index is 153. The first-order valence-electron chi connectivity index (χ1n) is 7.92. The quantitative estimate of drug-likeness (QED) is 0.354. The molecule has 0 fully saturated rings. The minimum absolute atomic E-state index is 0.459. The van der Waals surface area contributed by atoms with Crippen LogP contribution in [-0.2, 0) is 8.85 Å². The summed E-state index contributed by atoms with van der Waals surface area (Å²) in [6.07, 6.45) is 13.6. The molecular formula is C15H34O2Si. The second-order valence-electron chi connectivity index (χ2n) is 5.26.